The van der Waals surface area contributed by atoms with Crippen LogP contribution in [0, 0.1) is 3.57 Å². The molecule has 18 heavy (non-hydrogen) atoms. The first-order chi connectivity index (χ1) is 8.20. The molecule has 1 aromatic carbocycles. The molecule has 1 N–H and O–H groups in total. The second-order valence-corrected chi connectivity index (χ2v) is 7.44. The minimum Gasteiger partial charge on any atom is -0.507 e. The van der Waals surface area contributed by atoms with Crippen molar-refractivity contribution >= 4 is 38.3 Å². The third-order valence-corrected chi connectivity index (χ3v) is 4.17. The Morgan fingerprint density at radius 2 is 2.06 bits per heavy atom. The zero-order valence-electron chi connectivity index (χ0n) is 10.1. The molecule has 1 aromatic rings. The van der Waals surface area contributed by atoms with Gasteiger partial charge in [0.2, 0.25) is 0 Å². The zero-order chi connectivity index (χ0) is 13.9. The van der Waals surface area contributed by atoms with Crippen LogP contribution in [0.5, 0.6) is 5.75 Å². The fourth-order valence-corrected chi connectivity index (χ4v) is 2.21. The van der Waals surface area contributed by atoms with Crippen LogP contribution in [0.15, 0.2) is 18.2 Å². The maximum absolute atomic E-state index is 11.9. The Balaban J connectivity index is 2.77. The molecule has 100 valence electrons. The monoisotopic (exact) mass is 383 g/mol. The van der Waals surface area contributed by atoms with E-state index in [9.17, 15) is 18.3 Å². The average Bonchev–Trinajstić information content (AvgIpc) is 2.27. The van der Waals surface area contributed by atoms with Gasteiger partial charge in [-0.3, -0.25) is 4.79 Å². The molecule has 0 radical (unpaired) electrons. The molecule has 0 unspecified atom stereocenters. The van der Waals surface area contributed by atoms with Gasteiger partial charge in [0.05, 0.1) is 9.32 Å². The first-order valence-corrected chi connectivity index (χ1v) is 8.26. The molecule has 0 spiro atoms. The van der Waals surface area contributed by atoms with Crippen LogP contribution < -0.4 is 0 Å². The van der Waals surface area contributed by atoms with E-state index in [1.807, 2.05) is 22.6 Å². The first kappa shape index (κ1) is 15.2. The van der Waals surface area contributed by atoms with Crippen molar-refractivity contribution in [3.8, 4) is 5.75 Å². The summed E-state index contributed by atoms with van der Waals surface area (Å²) in [5, 5.41) is 9.52. The molecule has 0 saturated carbocycles. The summed E-state index contributed by atoms with van der Waals surface area (Å²) in [4.78, 5) is 13.3. The predicted octanol–water partition coefficient (Wildman–Crippen LogP) is 1.11. The number of aromatic hydroxyl groups is 1. The van der Waals surface area contributed by atoms with Crippen molar-refractivity contribution < 1.29 is 18.3 Å². The molecular formula is C11H14INO4S. The van der Waals surface area contributed by atoms with Gasteiger partial charge in [0.15, 0.2) is 0 Å². The number of hydrogen-bond donors (Lipinski definition) is 1. The summed E-state index contributed by atoms with van der Waals surface area (Å²) in [6.07, 6.45) is 1.13. The lowest BCUT2D eigenvalue weighted by Gasteiger charge is -2.16. The molecule has 0 heterocycles. The van der Waals surface area contributed by atoms with E-state index in [0.29, 0.717) is 9.13 Å². The lowest BCUT2D eigenvalue weighted by Crippen LogP contribution is -2.31. The fraction of sp³-hybridized carbons (Fsp3) is 0.364. The van der Waals surface area contributed by atoms with Crippen molar-refractivity contribution in [2.24, 2.45) is 0 Å². The van der Waals surface area contributed by atoms with E-state index in [2.05, 4.69) is 0 Å². The van der Waals surface area contributed by atoms with Crippen molar-refractivity contribution in [3.63, 3.8) is 0 Å². The lowest BCUT2D eigenvalue weighted by atomic mass is 10.2. The van der Waals surface area contributed by atoms with Gasteiger partial charge in [-0.15, -0.1) is 0 Å². The fourth-order valence-electron chi connectivity index (χ4n) is 1.27. The van der Waals surface area contributed by atoms with Crippen LogP contribution in [-0.2, 0) is 9.84 Å². The Kier molecular flexibility index (Phi) is 4.97. The van der Waals surface area contributed by atoms with Gasteiger partial charge in [-0.05, 0) is 40.8 Å². The highest BCUT2D eigenvalue weighted by molar-refractivity contribution is 14.1. The molecule has 5 nitrogen and oxygen atoms in total. The Morgan fingerprint density at radius 3 is 2.56 bits per heavy atom. The van der Waals surface area contributed by atoms with Gasteiger partial charge in [0, 0.05) is 25.4 Å². The number of carbonyl (C=O) groups is 1. The first-order valence-electron chi connectivity index (χ1n) is 5.12. The Bertz CT molecular complexity index is 556. The van der Waals surface area contributed by atoms with E-state index in [-0.39, 0.29) is 24.0 Å². The summed E-state index contributed by atoms with van der Waals surface area (Å²) in [5.41, 5.74) is 0.337. The molecular weight excluding hydrogens is 369 g/mol. The Morgan fingerprint density at radius 1 is 1.44 bits per heavy atom. The molecule has 0 aliphatic rings. The number of hydrogen-bond acceptors (Lipinski definition) is 4. The number of halogens is 1. The average molecular weight is 383 g/mol. The van der Waals surface area contributed by atoms with Crippen molar-refractivity contribution in [2.75, 3.05) is 25.6 Å². The topological polar surface area (TPSA) is 74.7 Å². The molecule has 0 saturated heterocycles. The molecule has 7 heteroatoms. The summed E-state index contributed by atoms with van der Waals surface area (Å²) < 4.78 is 22.7. The molecule has 0 aromatic heterocycles. The molecule has 1 rings (SSSR count). The Labute approximate surface area is 120 Å². The van der Waals surface area contributed by atoms with Crippen molar-refractivity contribution in [2.45, 2.75) is 0 Å². The Hall–Kier alpha value is -0.830. The summed E-state index contributed by atoms with van der Waals surface area (Å²) >= 11 is 1.95. The van der Waals surface area contributed by atoms with Crippen LogP contribution in [0.3, 0.4) is 0 Å². The van der Waals surface area contributed by atoms with E-state index in [0.717, 1.165) is 6.26 Å². The minimum atomic E-state index is -3.09. The quantitative estimate of drug-likeness (QED) is 0.791. The molecule has 0 atom stereocenters. The third-order valence-electron chi connectivity index (χ3n) is 2.34. The van der Waals surface area contributed by atoms with E-state index >= 15 is 0 Å². The van der Waals surface area contributed by atoms with Crippen molar-refractivity contribution in [3.05, 3.63) is 27.3 Å². The predicted molar refractivity (Wildman–Crippen MR) is 77.5 cm³/mol. The number of benzene rings is 1. The number of phenols is 1. The van der Waals surface area contributed by atoms with Crippen LogP contribution in [0.1, 0.15) is 10.4 Å². The van der Waals surface area contributed by atoms with Crippen LogP contribution in [0.4, 0.5) is 0 Å². The standard InChI is InChI=1S/C11H14INO4S/c1-13(5-6-18(2,16)17)11(15)8-3-4-9(12)10(14)7-8/h3-4,7,14H,5-6H2,1-2H3. The van der Waals surface area contributed by atoms with E-state index in [1.165, 1.54) is 18.0 Å². The summed E-state index contributed by atoms with van der Waals surface area (Å²) in [7, 11) is -1.56. The van der Waals surface area contributed by atoms with Gasteiger partial charge < -0.3 is 10.0 Å². The maximum atomic E-state index is 11.9. The summed E-state index contributed by atoms with van der Waals surface area (Å²) in [6.45, 7) is 0.129. The number of sulfone groups is 1. The lowest BCUT2D eigenvalue weighted by molar-refractivity contribution is 0.0803. The largest absolute Gasteiger partial charge is 0.507 e. The minimum absolute atomic E-state index is 0.0398. The molecule has 0 aliphatic carbocycles. The second-order valence-electron chi connectivity index (χ2n) is 4.02. The van der Waals surface area contributed by atoms with Crippen LogP contribution in [-0.4, -0.2) is 49.9 Å². The van der Waals surface area contributed by atoms with E-state index < -0.39 is 9.84 Å². The highest BCUT2D eigenvalue weighted by atomic mass is 127. The normalized spacial score (nSPS) is 11.3. The SMILES string of the molecule is CN(CCS(C)(=O)=O)C(=O)c1ccc(I)c(O)c1. The number of carbonyl (C=O) groups excluding carboxylic acids is 1. The van der Waals surface area contributed by atoms with Crippen LogP contribution in [0.25, 0.3) is 0 Å². The van der Waals surface area contributed by atoms with Gasteiger partial charge in [-0.25, -0.2) is 8.42 Å². The summed E-state index contributed by atoms with van der Waals surface area (Å²) in [5.74, 6) is -0.352. The summed E-state index contributed by atoms with van der Waals surface area (Å²) in [6, 6.07) is 4.61. The maximum Gasteiger partial charge on any atom is 0.253 e. The number of nitrogens with zero attached hydrogens (tertiary/aromatic N) is 1. The van der Waals surface area contributed by atoms with Gasteiger partial charge in [-0.2, -0.15) is 0 Å². The van der Waals surface area contributed by atoms with E-state index in [4.69, 9.17) is 0 Å². The van der Waals surface area contributed by atoms with Crippen LogP contribution >= 0.6 is 22.6 Å². The van der Waals surface area contributed by atoms with Crippen molar-refractivity contribution in [1.82, 2.24) is 4.90 Å². The highest BCUT2D eigenvalue weighted by Crippen LogP contribution is 2.21. The number of rotatable bonds is 4. The second kappa shape index (κ2) is 5.87. The third kappa shape index (κ3) is 4.45. The van der Waals surface area contributed by atoms with Gasteiger partial charge in [-0.1, -0.05) is 0 Å². The van der Waals surface area contributed by atoms with Gasteiger partial charge >= 0.3 is 0 Å². The molecule has 0 aliphatic heterocycles. The number of amides is 1. The van der Waals surface area contributed by atoms with Gasteiger partial charge in [0.25, 0.3) is 5.91 Å². The number of phenolic OH excluding ortho intramolecular Hbond substituents is 1. The van der Waals surface area contributed by atoms with Gasteiger partial charge in [0.1, 0.15) is 15.6 Å². The molecule has 1 amide bonds. The van der Waals surface area contributed by atoms with Crippen molar-refractivity contribution in [1.29, 1.82) is 0 Å². The van der Waals surface area contributed by atoms with Crippen LogP contribution in [0.2, 0.25) is 0 Å². The molecule has 0 fully saturated rings. The zero-order valence-corrected chi connectivity index (χ0v) is 13.0. The molecule has 0 bridgehead atoms. The smallest absolute Gasteiger partial charge is 0.253 e. The van der Waals surface area contributed by atoms with E-state index in [1.54, 1.807) is 12.1 Å². The highest BCUT2D eigenvalue weighted by Gasteiger charge is 2.14.